The number of rotatable bonds is 11. The first-order valence-electron chi connectivity index (χ1n) is 14.1. The second-order valence-electron chi connectivity index (χ2n) is 12.4. The Labute approximate surface area is 252 Å². The minimum Gasteiger partial charge on any atom is -0.465 e. The zero-order chi connectivity index (χ0) is 30.7. The Balaban J connectivity index is 1.64. The van der Waals surface area contributed by atoms with Crippen molar-refractivity contribution in [2.75, 3.05) is 40.4 Å². The molecule has 1 aliphatic rings. The van der Waals surface area contributed by atoms with Crippen molar-refractivity contribution in [2.45, 2.75) is 56.8 Å². The lowest BCUT2D eigenvalue weighted by Crippen LogP contribution is -2.47. The quantitative estimate of drug-likeness (QED) is 0.209. The van der Waals surface area contributed by atoms with Gasteiger partial charge in [0, 0.05) is 69.4 Å². The van der Waals surface area contributed by atoms with E-state index in [2.05, 4.69) is 19.6 Å². The van der Waals surface area contributed by atoms with Gasteiger partial charge in [-0.05, 0) is 48.7 Å². The number of carboxylic acid groups (broad SMARTS) is 1. The van der Waals surface area contributed by atoms with Gasteiger partial charge in [-0.2, -0.15) is 5.10 Å². The lowest BCUT2D eigenvalue weighted by atomic mass is 9.73. The highest BCUT2D eigenvalue weighted by Crippen LogP contribution is 2.39. The van der Waals surface area contributed by atoms with Gasteiger partial charge >= 0.3 is 6.09 Å². The van der Waals surface area contributed by atoms with Crippen LogP contribution in [0.4, 0.5) is 9.18 Å². The van der Waals surface area contributed by atoms with Crippen LogP contribution in [0, 0.1) is 5.82 Å². The lowest BCUT2D eigenvalue weighted by molar-refractivity contribution is -0.143. The molecule has 1 saturated heterocycles. The number of fused-ring (bicyclic) bond motifs is 1. The molecule has 1 aliphatic heterocycles. The van der Waals surface area contributed by atoms with E-state index in [9.17, 15) is 19.1 Å². The Morgan fingerprint density at radius 1 is 1.17 bits per heavy atom. The molecule has 228 valence electrons. The number of aromatic nitrogens is 2. The smallest absolute Gasteiger partial charge is 0.407 e. The SMILES string of the molecule is CN(C)C(=O)C(OCC1(c2ccc(F)cc2)CCN(C(=O)O)CC1)c1cc(Cl)cc2cn(COCC[Si](C)(C)C)nc12. The molecule has 2 heterocycles. The van der Waals surface area contributed by atoms with Crippen molar-refractivity contribution in [3.63, 3.8) is 0 Å². The van der Waals surface area contributed by atoms with E-state index in [4.69, 9.17) is 26.2 Å². The maximum absolute atomic E-state index is 13.8. The van der Waals surface area contributed by atoms with Crippen molar-refractivity contribution < 1.29 is 28.6 Å². The highest BCUT2D eigenvalue weighted by atomic mass is 35.5. The molecule has 4 rings (SSSR count). The number of hydrogen-bond donors (Lipinski definition) is 1. The van der Waals surface area contributed by atoms with Crippen LogP contribution in [0.2, 0.25) is 30.7 Å². The maximum Gasteiger partial charge on any atom is 0.407 e. The van der Waals surface area contributed by atoms with Gasteiger partial charge in [-0.1, -0.05) is 43.4 Å². The van der Waals surface area contributed by atoms with Gasteiger partial charge in [0.15, 0.2) is 6.10 Å². The van der Waals surface area contributed by atoms with E-state index < -0.39 is 25.7 Å². The van der Waals surface area contributed by atoms with Gasteiger partial charge in [-0.3, -0.25) is 4.79 Å². The molecular weight excluding hydrogens is 579 g/mol. The molecule has 2 aromatic carbocycles. The number of carbonyl (C=O) groups excluding carboxylic acids is 1. The topological polar surface area (TPSA) is 97.1 Å². The van der Waals surface area contributed by atoms with E-state index in [1.807, 2.05) is 6.20 Å². The van der Waals surface area contributed by atoms with Crippen LogP contribution in [0.15, 0.2) is 42.6 Å². The predicted molar refractivity (Wildman–Crippen MR) is 163 cm³/mol. The summed E-state index contributed by atoms with van der Waals surface area (Å²) < 4.78 is 27.9. The Morgan fingerprint density at radius 2 is 1.83 bits per heavy atom. The summed E-state index contributed by atoms with van der Waals surface area (Å²) in [5.74, 6) is -0.642. The van der Waals surface area contributed by atoms with Crippen LogP contribution < -0.4 is 0 Å². The monoisotopic (exact) mass is 618 g/mol. The number of hydrogen-bond acceptors (Lipinski definition) is 5. The summed E-state index contributed by atoms with van der Waals surface area (Å²) in [7, 11) is 2.09. The van der Waals surface area contributed by atoms with Gasteiger partial charge in [-0.15, -0.1) is 0 Å². The summed E-state index contributed by atoms with van der Waals surface area (Å²) in [5.41, 5.74) is 1.34. The summed E-state index contributed by atoms with van der Waals surface area (Å²) in [6.45, 7) is 8.52. The number of piperidine rings is 1. The molecule has 42 heavy (non-hydrogen) atoms. The molecule has 0 bridgehead atoms. The number of likely N-dealkylation sites (N-methyl/N-ethyl adjacent to an activating group) is 1. The lowest BCUT2D eigenvalue weighted by Gasteiger charge is -2.42. The fraction of sp³-hybridized carbons (Fsp3) is 0.500. The van der Waals surface area contributed by atoms with Crippen molar-refractivity contribution in [1.29, 1.82) is 0 Å². The number of benzene rings is 2. The average molecular weight is 619 g/mol. The third-order valence-electron chi connectivity index (χ3n) is 7.79. The van der Waals surface area contributed by atoms with Crippen molar-refractivity contribution >= 4 is 42.6 Å². The van der Waals surface area contributed by atoms with Gasteiger partial charge in [0.1, 0.15) is 12.5 Å². The Hall–Kier alpha value is -2.99. The Bertz CT molecular complexity index is 1400. The molecule has 2 amide bonds. The van der Waals surface area contributed by atoms with Crippen LogP contribution in [0.3, 0.4) is 0 Å². The molecule has 1 fully saturated rings. The zero-order valence-corrected chi connectivity index (χ0v) is 26.7. The summed E-state index contributed by atoms with van der Waals surface area (Å²) in [6.07, 6.45) is 0.764. The molecular formula is C30H40ClFN4O5Si. The van der Waals surface area contributed by atoms with Crippen LogP contribution in [0.25, 0.3) is 10.9 Å². The van der Waals surface area contributed by atoms with E-state index in [1.54, 1.807) is 43.0 Å². The van der Waals surface area contributed by atoms with Crippen LogP contribution in [0.5, 0.6) is 0 Å². The summed E-state index contributed by atoms with van der Waals surface area (Å²) in [6, 6.07) is 10.7. The van der Waals surface area contributed by atoms with Crippen molar-refractivity contribution in [3.8, 4) is 0 Å². The Kier molecular flexibility index (Phi) is 9.97. The van der Waals surface area contributed by atoms with Gasteiger partial charge < -0.3 is 24.4 Å². The molecule has 0 aliphatic carbocycles. The maximum atomic E-state index is 13.8. The molecule has 0 radical (unpaired) electrons. The molecule has 0 spiro atoms. The van der Waals surface area contributed by atoms with E-state index in [0.717, 1.165) is 17.0 Å². The highest BCUT2D eigenvalue weighted by Gasteiger charge is 2.40. The first-order chi connectivity index (χ1) is 19.8. The first kappa shape index (κ1) is 31.9. The molecule has 1 aromatic heterocycles. The Morgan fingerprint density at radius 3 is 2.43 bits per heavy atom. The number of amides is 2. The number of carbonyl (C=O) groups is 2. The zero-order valence-electron chi connectivity index (χ0n) is 24.9. The fourth-order valence-electron chi connectivity index (χ4n) is 5.19. The number of halogens is 2. The van der Waals surface area contributed by atoms with Crippen LogP contribution >= 0.6 is 11.6 Å². The molecule has 1 unspecified atom stereocenters. The largest absolute Gasteiger partial charge is 0.465 e. The number of likely N-dealkylation sites (tertiary alicyclic amines) is 1. The second kappa shape index (κ2) is 13.1. The van der Waals surface area contributed by atoms with Crippen LogP contribution in [0.1, 0.15) is 30.1 Å². The van der Waals surface area contributed by atoms with Crippen LogP contribution in [-0.2, 0) is 26.4 Å². The second-order valence-corrected chi connectivity index (χ2v) is 18.5. The first-order valence-corrected chi connectivity index (χ1v) is 18.2. The highest BCUT2D eigenvalue weighted by molar-refractivity contribution is 6.76. The minimum absolute atomic E-state index is 0.116. The van der Waals surface area contributed by atoms with Gasteiger partial charge in [-0.25, -0.2) is 13.9 Å². The molecule has 1 atom stereocenters. The van der Waals surface area contributed by atoms with E-state index >= 15 is 0 Å². The van der Waals surface area contributed by atoms with Crippen LogP contribution in [-0.4, -0.2) is 85.2 Å². The molecule has 0 saturated carbocycles. The summed E-state index contributed by atoms with van der Waals surface area (Å²) >= 11 is 6.53. The standard InChI is InChI=1S/C30H40ClFN4O5Si/c1-34(2)28(37)27(25-17-23(31)16-21-18-36(33-26(21)25)20-40-14-15-42(3,4)5)41-19-30(22-6-8-24(32)9-7-22)10-12-35(13-11-30)29(38)39/h6-9,16-18,27H,10-15,19-20H2,1-5H3,(H,38,39). The van der Waals surface area contributed by atoms with Crippen molar-refractivity contribution in [3.05, 3.63) is 64.6 Å². The molecule has 9 nitrogen and oxygen atoms in total. The third-order valence-corrected chi connectivity index (χ3v) is 9.71. The molecule has 12 heteroatoms. The fourth-order valence-corrected chi connectivity index (χ4v) is 6.19. The van der Waals surface area contributed by atoms with Crippen molar-refractivity contribution in [1.82, 2.24) is 19.6 Å². The predicted octanol–water partition coefficient (Wildman–Crippen LogP) is 6.00. The average Bonchev–Trinajstić information content (AvgIpc) is 3.33. The molecule has 3 aromatic rings. The van der Waals surface area contributed by atoms with Gasteiger partial charge in [0.2, 0.25) is 0 Å². The van der Waals surface area contributed by atoms with E-state index in [1.165, 1.54) is 21.9 Å². The van der Waals surface area contributed by atoms with E-state index in [-0.39, 0.29) is 25.1 Å². The number of nitrogens with zero attached hydrogens (tertiary/aromatic N) is 4. The van der Waals surface area contributed by atoms with Crippen molar-refractivity contribution in [2.24, 2.45) is 0 Å². The van der Waals surface area contributed by atoms with E-state index in [0.29, 0.717) is 48.6 Å². The normalized spacial score (nSPS) is 16.0. The van der Waals surface area contributed by atoms with Gasteiger partial charge in [0.05, 0.1) is 12.1 Å². The molecule has 1 N–H and O–H groups in total. The third kappa shape index (κ3) is 7.69. The summed E-state index contributed by atoms with van der Waals surface area (Å²) in [5, 5.41) is 15.5. The van der Waals surface area contributed by atoms with Gasteiger partial charge in [0.25, 0.3) is 5.91 Å². The minimum atomic E-state index is -1.23. The number of ether oxygens (including phenoxy) is 2. The summed E-state index contributed by atoms with van der Waals surface area (Å²) in [4.78, 5) is 28.0.